The highest BCUT2D eigenvalue weighted by Gasteiger charge is 2.23. The summed E-state index contributed by atoms with van der Waals surface area (Å²) in [6.07, 6.45) is 0. The van der Waals surface area contributed by atoms with Gasteiger partial charge in [-0.1, -0.05) is 72.2 Å². The van der Waals surface area contributed by atoms with E-state index in [-0.39, 0.29) is 0 Å². The zero-order valence-electron chi connectivity index (χ0n) is 19.8. The molecular weight excluding hydrogens is 477 g/mol. The number of para-hydroxylation sites is 2. The molecule has 7 aromatic rings. The Morgan fingerprint density at radius 3 is 1.39 bits per heavy atom. The molecule has 0 atom stereocenters. The van der Waals surface area contributed by atoms with Gasteiger partial charge in [0.15, 0.2) is 0 Å². The van der Waals surface area contributed by atoms with Gasteiger partial charge in [0.25, 0.3) is 0 Å². The number of nitrogens with zero attached hydrogens (tertiary/aromatic N) is 2. The van der Waals surface area contributed by atoms with E-state index in [9.17, 15) is 0 Å². The van der Waals surface area contributed by atoms with Gasteiger partial charge in [-0.05, 0) is 35.0 Å². The van der Waals surface area contributed by atoms with Crippen molar-refractivity contribution >= 4 is 66.3 Å². The minimum absolute atomic E-state index is 1.06. The average Bonchev–Trinajstić information content (AvgIpc) is 3.71. The molecule has 4 heterocycles. The molecule has 2 nitrogen and oxygen atoms in total. The van der Waals surface area contributed by atoms with Crippen molar-refractivity contribution in [2.24, 2.45) is 14.1 Å². The summed E-state index contributed by atoms with van der Waals surface area (Å²) in [5.74, 6) is 14.1. The lowest BCUT2D eigenvalue weighted by atomic mass is 9.97. The third-order valence-corrected chi connectivity index (χ3v) is 8.42. The number of hydrogen-bond acceptors (Lipinski definition) is 2. The van der Waals surface area contributed by atoms with Crippen molar-refractivity contribution in [3.05, 3.63) is 104 Å². The normalized spacial score (nSPS) is 11.2. The van der Waals surface area contributed by atoms with Gasteiger partial charge in [0, 0.05) is 46.7 Å². The van der Waals surface area contributed by atoms with Gasteiger partial charge < -0.3 is 9.13 Å². The van der Waals surface area contributed by atoms with E-state index in [4.69, 9.17) is 0 Å². The van der Waals surface area contributed by atoms with E-state index in [0.29, 0.717) is 0 Å². The summed E-state index contributed by atoms with van der Waals surface area (Å²) in [6.45, 7) is 0. The van der Waals surface area contributed by atoms with Crippen molar-refractivity contribution < 1.29 is 0 Å². The Balaban J connectivity index is 1.76. The molecule has 0 N–H and O–H groups in total. The molecule has 4 heteroatoms. The average molecular weight is 497 g/mol. The maximum atomic E-state index is 3.62. The van der Waals surface area contributed by atoms with E-state index in [0.717, 1.165) is 31.9 Å². The van der Waals surface area contributed by atoms with Crippen LogP contribution in [-0.4, -0.2) is 9.13 Å². The molecule has 0 fully saturated rings. The highest BCUT2D eigenvalue weighted by Crippen LogP contribution is 2.42. The van der Waals surface area contributed by atoms with Crippen LogP contribution >= 0.6 is 22.7 Å². The summed E-state index contributed by atoms with van der Waals surface area (Å²) in [6, 6.07) is 25.5. The van der Waals surface area contributed by atoms with Crippen LogP contribution in [0.1, 0.15) is 20.9 Å². The van der Waals surface area contributed by atoms with Gasteiger partial charge in [-0.25, -0.2) is 0 Å². The van der Waals surface area contributed by atoms with Crippen LogP contribution in [0.2, 0.25) is 0 Å². The number of aromatic nitrogens is 2. The molecule has 0 bridgehead atoms. The van der Waals surface area contributed by atoms with Crippen molar-refractivity contribution in [1.29, 1.82) is 0 Å². The van der Waals surface area contributed by atoms with Gasteiger partial charge in [0.1, 0.15) is 0 Å². The Morgan fingerprint density at radius 1 is 0.528 bits per heavy atom. The summed E-state index contributed by atoms with van der Waals surface area (Å²) in [7, 11) is 4.29. The van der Waals surface area contributed by atoms with Crippen molar-refractivity contribution in [2.75, 3.05) is 0 Å². The monoisotopic (exact) mass is 496 g/mol. The second-order valence-electron chi connectivity index (χ2n) is 8.80. The lowest BCUT2D eigenvalue weighted by molar-refractivity contribution is 1.01. The maximum absolute atomic E-state index is 3.62. The SMILES string of the molecule is Cn1c2ccccc2c2c(C#Cc3cccs3)c3c(c(C#Cc4cccs4)c21)c1ccccc1n3C. The highest BCUT2D eigenvalue weighted by molar-refractivity contribution is 7.10. The Labute approximate surface area is 217 Å². The molecule has 0 spiro atoms. The zero-order valence-corrected chi connectivity index (χ0v) is 21.4. The topological polar surface area (TPSA) is 9.86 Å². The second kappa shape index (κ2) is 8.18. The number of fused-ring (bicyclic) bond motifs is 6. The molecule has 0 unspecified atom stereocenters. The summed E-state index contributed by atoms with van der Waals surface area (Å²) < 4.78 is 4.58. The van der Waals surface area contributed by atoms with Crippen molar-refractivity contribution in [3.63, 3.8) is 0 Å². The van der Waals surface area contributed by atoms with E-state index < -0.39 is 0 Å². The van der Waals surface area contributed by atoms with Crippen LogP contribution < -0.4 is 0 Å². The number of benzene rings is 3. The van der Waals surface area contributed by atoms with Crippen LogP contribution in [0.4, 0.5) is 0 Å². The van der Waals surface area contributed by atoms with Crippen LogP contribution in [0, 0.1) is 23.7 Å². The molecule has 0 saturated heterocycles. The van der Waals surface area contributed by atoms with Crippen LogP contribution in [-0.2, 0) is 14.1 Å². The van der Waals surface area contributed by atoms with Gasteiger partial charge in [-0.3, -0.25) is 0 Å². The van der Waals surface area contributed by atoms with Gasteiger partial charge in [0.2, 0.25) is 0 Å². The minimum atomic E-state index is 1.06. The molecular formula is C32H20N2S2. The Bertz CT molecular complexity index is 1910. The Hall–Kier alpha value is -4.22. The summed E-state index contributed by atoms with van der Waals surface area (Å²) in [4.78, 5) is 2.13. The minimum Gasteiger partial charge on any atom is -0.343 e. The molecule has 0 amide bonds. The largest absolute Gasteiger partial charge is 0.343 e. The fraction of sp³-hybridized carbons (Fsp3) is 0.0625. The van der Waals surface area contributed by atoms with Crippen molar-refractivity contribution in [2.45, 2.75) is 0 Å². The van der Waals surface area contributed by atoms with Gasteiger partial charge in [-0.2, -0.15) is 0 Å². The zero-order chi connectivity index (χ0) is 24.2. The van der Waals surface area contributed by atoms with E-state index >= 15 is 0 Å². The predicted octanol–water partition coefficient (Wildman–Crippen LogP) is 7.90. The number of thiophene rings is 2. The molecule has 0 saturated carbocycles. The number of hydrogen-bond donors (Lipinski definition) is 0. The number of aryl methyl sites for hydroxylation is 2. The van der Waals surface area contributed by atoms with E-state index in [2.05, 4.69) is 130 Å². The van der Waals surface area contributed by atoms with Crippen molar-refractivity contribution in [1.82, 2.24) is 9.13 Å². The van der Waals surface area contributed by atoms with Crippen LogP contribution in [0.3, 0.4) is 0 Å². The van der Waals surface area contributed by atoms with Crippen LogP contribution in [0.25, 0.3) is 43.6 Å². The lowest BCUT2D eigenvalue weighted by Crippen LogP contribution is -1.96. The van der Waals surface area contributed by atoms with E-state index in [1.165, 1.54) is 32.6 Å². The first-order chi connectivity index (χ1) is 17.7. The fourth-order valence-corrected chi connectivity index (χ4v) is 6.45. The first-order valence-corrected chi connectivity index (χ1v) is 13.5. The molecule has 36 heavy (non-hydrogen) atoms. The predicted molar refractivity (Wildman–Crippen MR) is 155 cm³/mol. The van der Waals surface area contributed by atoms with Crippen LogP contribution in [0.5, 0.6) is 0 Å². The third kappa shape index (κ3) is 3.06. The molecule has 0 aliphatic carbocycles. The first kappa shape index (κ1) is 21.1. The Kier molecular flexibility index (Phi) is 4.79. The number of rotatable bonds is 0. The van der Waals surface area contributed by atoms with Crippen molar-refractivity contribution in [3.8, 4) is 23.7 Å². The van der Waals surface area contributed by atoms with E-state index in [1.807, 2.05) is 0 Å². The molecule has 0 radical (unpaired) electrons. The highest BCUT2D eigenvalue weighted by atomic mass is 32.1. The third-order valence-electron chi connectivity index (χ3n) is 6.85. The smallest absolute Gasteiger partial charge is 0.0772 e. The standard InChI is InChI=1S/C32H20N2S2/c1-33-27-13-5-3-11-23(27)29-26(18-16-22-10-8-20-36-22)32-30(24-12-4-6-14-28(24)34(32)2)25(31(29)33)17-15-21-9-7-19-35-21/h3-14,19-20H,1-2H3. The van der Waals surface area contributed by atoms with Gasteiger partial charge >= 0.3 is 0 Å². The molecule has 4 aromatic heterocycles. The summed E-state index contributed by atoms with van der Waals surface area (Å²) in [5, 5.41) is 8.91. The summed E-state index contributed by atoms with van der Waals surface area (Å²) >= 11 is 3.35. The molecule has 0 aliphatic heterocycles. The maximum Gasteiger partial charge on any atom is 0.0772 e. The Morgan fingerprint density at radius 2 is 0.972 bits per heavy atom. The quantitative estimate of drug-likeness (QED) is 0.189. The molecule has 0 aliphatic rings. The van der Waals surface area contributed by atoms with E-state index in [1.54, 1.807) is 22.7 Å². The van der Waals surface area contributed by atoms with Crippen LogP contribution in [0.15, 0.2) is 83.6 Å². The lowest BCUT2D eigenvalue weighted by Gasteiger charge is -2.09. The molecule has 170 valence electrons. The van der Waals surface area contributed by atoms with Gasteiger partial charge in [0.05, 0.1) is 31.9 Å². The fourth-order valence-electron chi connectivity index (χ4n) is 5.31. The molecule has 3 aromatic carbocycles. The summed E-state index contributed by atoms with van der Waals surface area (Å²) in [5.41, 5.74) is 6.77. The molecule has 7 rings (SSSR count). The van der Waals surface area contributed by atoms with Gasteiger partial charge in [-0.15, -0.1) is 22.7 Å². The second-order valence-corrected chi connectivity index (χ2v) is 10.7. The first-order valence-electron chi connectivity index (χ1n) is 11.7.